The number of fused-ring (bicyclic) bond motifs is 2. The third-order valence-electron chi connectivity index (χ3n) is 5.05. The molecule has 3 aromatic carbocycles. The zero-order chi connectivity index (χ0) is 21.8. The van der Waals surface area contributed by atoms with Crippen molar-refractivity contribution < 1.29 is 0 Å². The van der Waals surface area contributed by atoms with E-state index in [2.05, 4.69) is 20.8 Å². The van der Waals surface area contributed by atoms with Gasteiger partial charge in [0.1, 0.15) is 5.71 Å². The standard InChI is InChI=1S/C26H19N5S/c32-26(31-30-24(18-10-2-1-3-11-18)23-16-8-9-17-27-23)29-25-19-12-4-6-14-21(19)28-22-15-7-5-13-20(22)25/h1-17H,(H2,28,29,31,32)/b30-24+. The summed E-state index contributed by atoms with van der Waals surface area (Å²) in [5.41, 5.74) is 8.12. The Hall–Kier alpha value is -4.16. The largest absolute Gasteiger partial charge is 0.330 e. The van der Waals surface area contributed by atoms with Crippen molar-refractivity contribution in [1.29, 1.82) is 0 Å². The van der Waals surface area contributed by atoms with E-state index in [4.69, 9.17) is 17.2 Å². The fourth-order valence-corrected chi connectivity index (χ4v) is 3.74. The molecule has 6 heteroatoms. The number of aromatic nitrogens is 2. The average molecular weight is 434 g/mol. The monoisotopic (exact) mass is 433 g/mol. The average Bonchev–Trinajstić information content (AvgIpc) is 2.85. The zero-order valence-corrected chi connectivity index (χ0v) is 17.9. The van der Waals surface area contributed by atoms with Crippen LogP contribution in [-0.2, 0) is 0 Å². The van der Waals surface area contributed by atoms with E-state index >= 15 is 0 Å². The van der Waals surface area contributed by atoms with Crippen LogP contribution >= 0.6 is 12.2 Å². The number of nitrogens with one attached hydrogen (secondary N) is 2. The first-order valence-corrected chi connectivity index (χ1v) is 10.6. The highest BCUT2D eigenvalue weighted by atomic mass is 32.1. The smallest absolute Gasteiger partial charge is 0.191 e. The molecule has 5 nitrogen and oxygen atoms in total. The van der Waals surface area contributed by atoms with Crippen molar-refractivity contribution >= 4 is 50.5 Å². The van der Waals surface area contributed by atoms with Crippen LogP contribution in [0.25, 0.3) is 21.8 Å². The summed E-state index contributed by atoms with van der Waals surface area (Å²) in [7, 11) is 0. The first kappa shape index (κ1) is 19.8. The van der Waals surface area contributed by atoms with E-state index in [1.807, 2.05) is 97.1 Å². The highest BCUT2D eigenvalue weighted by Gasteiger charge is 2.11. The van der Waals surface area contributed by atoms with Crippen LogP contribution in [0.2, 0.25) is 0 Å². The van der Waals surface area contributed by atoms with Crippen molar-refractivity contribution in [3.63, 3.8) is 0 Å². The van der Waals surface area contributed by atoms with E-state index in [1.165, 1.54) is 0 Å². The Morgan fingerprint density at radius 3 is 2.00 bits per heavy atom. The molecule has 2 N–H and O–H groups in total. The van der Waals surface area contributed by atoms with Crippen molar-refractivity contribution in [2.45, 2.75) is 0 Å². The number of benzene rings is 3. The molecule has 0 atom stereocenters. The minimum atomic E-state index is 0.385. The molecule has 32 heavy (non-hydrogen) atoms. The lowest BCUT2D eigenvalue weighted by molar-refractivity contribution is 1.04. The highest BCUT2D eigenvalue weighted by Crippen LogP contribution is 2.30. The molecule has 0 aliphatic carbocycles. The molecule has 0 saturated heterocycles. The second-order valence-corrected chi connectivity index (χ2v) is 7.54. The van der Waals surface area contributed by atoms with E-state index < -0.39 is 0 Å². The number of thiocarbonyl (C=S) groups is 1. The number of nitrogens with zero attached hydrogens (tertiary/aromatic N) is 3. The van der Waals surface area contributed by atoms with Gasteiger partial charge in [-0.05, 0) is 36.5 Å². The van der Waals surface area contributed by atoms with Crippen LogP contribution < -0.4 is 10.7 Å². The second kappa shape index (κ2) is 8.91. The minimum Gasteiger partial charge on any atom is -0.330 e. The van der Waals surface area contributed by atoms with E-state index in [9.17, 15) is 0 Å². The Kier molecular flexibility index (Phi) is 5.51. The second-order valence-electron chi connectivity index (χ2n) is 7.13. The van der Waals surface area contributed by atoms with Gasteiger partial charge >= 0.3 is 0 Å². The summed E-state index contributed by atoms with van der Waals surface area (Å²) in [5, 5.41) is 10.3. The summed E-state index contributed by atoms with van der Waals surface area (Å²) in [5.74, 6) is 0. The molecule has 0 amide bonds. The topological polar surface area (TPSA) is 62.2 Å². The summed E-state index contributed by atoms with van der Waals surface area (Å²) in [4.78, 5) is 9.22. The van der Waals surface area contributed by atoms with Crippen LogP contribution in [0.4, 0.5) is 5.69 Å². The molecule has 0 fully saturated rings. The van der Waals surface area contributed by atoms with Gasteiger partial charge in [-0.1, -0.05) is 72.8 Å². The van der Waals surface area contributed by atoms with Gasteiger partial charge in [0.05, 0.1) is 22.4 Å². The zero-order valence-electron chi connectivity index (χ0n) is 17.1. The van der Waals surface area contributed by atoms with E-state index in [-0.39, 0.29) is 0 Å². The summed E-state index contributed by atoms with van der Waals surface area (Å²) < 4.78 is 0. The molecule has 0 unspecified atom stereocenters. The molecule has 0 bridgehead atoms. The number of hydrazone groups is 1. The van der Waals surface area contributed by atoms with Crippen LogP contribution in [-0.4, -0.2) is 20.8 Å². The molecule has 0 radical (unpaired) electrons. The van der Waals surface area contributed by atoms with Gasteiger partial charge in [0, 0.05) is 22.5 Å². The quantitative estimate of drug-likeness (QED) is 0.169. The van der Waals surface area contributed by atoms with Crippen LogP contribution in [0.5, 0.6) is 0 Å². The highest BCUT2D eigenvalue weighted by molar-refractivity contribution is 7.80. The van der Waals surface area contributed by atoms with E-state index in [1.54, 1.807) is 6.20 Å². The van der Waals surface area contributed by atoms with Gasteiger partial charge in [-0.15, -0.1) is 0 Å². The lowest BCUT2D eigenvalue weighted by Crippen LogP contribution is -2.26. The van der Waals surface area contributed by atoms with Crippen LogP contribution in [0.3, 0.4) is 0 Å². The van der Waals surface area contributed by atoms with Crippen molar-refractivity contribution in [1.82, 2.24) is 15.4 Å². The Balaban J connectivity index is 1.50. The van der Waals surface area contributed by atoms with E-state index in [0.29, 0.717) is 10.8 Å². The molecule has 0 aliphatic heterocycles. The number of pyridine rings is 2. The Labute approximate surface area is 190 Å². The Bertz CT molecular complexity index is 1340. The normalized spacial score (nSPS) is 11.4. The van der Waals surface area contributed by atoms with Crippen molar-refractivity contribution in [3.8, 4) is 0 Å². The van der Waals surface area contributed by atoms with Crippen LogP contribution in [0.1, 0.15) is 11.3 Å². The number of rotatable bonds is 4. The van der Waals surface area contributed by atoms with Crippen LogP contribution in [0, 0.1) is 0 Å². The fraction of sp³-hybridized carbons (Fsp3) is 0. The predicted molar refractivity (Wildman–Crippen MR) is 135 cm³/mol. The third kappa shape index (κ3) is 4.04. The molecule has 2 aromatic heterocycles. The number of para-hydroxylation sites is 2. The maximum absolute atomic E-state index is 5.61. The SMILES string of the molecule is S=C(N/N=C(\c1ccccc1)c1ccccn1)Nc1c2ccccc2nc2ccccc12. The van der Waals surface area contributed by atoms with Gasteiger partial charge in [0.15, 0.2) is 5.11 Å². The summed E-state index contributed by atoms with van der Waals surface area (Å²) in [6, 6.07) is 31.7. The Morgan fingerprint density at radius 2 is 1.34 bits per heavy atom. The lowest BCUT2D eigenvalue weighted by atomic mass is 10.1. The molecule has 5 aromatic rings. The molecule has 5 rings (SSSR count). The Morgan fingerprint density at radius 1 is 0.719 bits per heavy atom. The molecule has 2 heterocycles. The maximum atomic E-state index is 5.61. The molecule has 0 aliphatic rings. The molecule has 0 spiro atoms. The first-order chi connectivity index (χ1) is 15.8. The lowest BCUT2D eigenvalue weighted by Gasteiger charge is -2.14. The minimum absolute atomic E-state index is 0.385. The van der Waals surface area contributed by atoms with Crippen molar-refractivity contribution in [2.75, 3.05) is 5.32 Å². The first-order valence-electron chi connectivity index (χ1n) is 10.2. The van der Waals surface area contributed by atoms with Gasteiger partial charge in [0.25, 0.3) is 0 Å². The summed E-state index contributed by atoms with van der Waals surface area (Å²) in [6.07, 6.45) is 1.75. The molecular weight excluding hydrogens is 414 g/mol. The fourth-order valence-electron chi connectivity index (χ4n) is 3.59. The summed E-state index contributed by atoms with van der Waals surface area (Å²) >= 11 is 5.61. The summed E-state index contributed by atoms with van der Waals surface area (Å²) in [6.45, 7) is 0. The van der Waals surface area contributed by atoms with Gasteiger partial charge < -0.3 is 5.32 Å². The number of hydrogen-bond acceptors (Lipinski definition) is 4. The maximum Gasteiger partial charge on any atom is 0.191 e. The van der Waals surface area contributed by atoms with Crippen LogP contribution in [0.15, 0.2) is 108 Å². The van der Waals surface area contributed by atoms with E-state index in [0.717, 1.165) is 38.8 Å². The van der Waals surface area contributed by atoms with Gasteiger partial charge in [-0.25, -0.2) is 4.98 Å². The van der Waals surface area contributed by atoms with Gasteiger partial charge in [-0.2, -0.15) is 5.10 Å². The number of anilines is 1. The molecule has 154 valence electrons. The van der Waals surface area contributed by atoms with Crippen molar-refractivity contribution in [2.24, 2.45) is 5.10 Å². The van der Waals surface area contributed by atoms with Gasteiger partial charge in [0.2, 0.25) is 0 Å². The molecular formula is C26H19N5S. The van der Waals surface area contributed by atoms with Gasteiger partial charge in [-0.3, -0.25) is 10.4 Å². The molecule has 0 saturated carbocycles. The van der Waals surface area contributed by atoms with Crippen molar-refractivity contribution in [3.05, 3.63) is 115 Å². The third-order valence-corrected chi connectivity index (χ3v) is 5.24. The predicted octanol–water partition coefficient (Wildman–Crippen LogP) is 5.52. The number of hydrogen-bond donors (Lipinski definition) is 2.